The first-order valence-corrected chi connectivity index (χ1v) is 10.2. The van der Waals surface area contributed by atoms with Crippen molar-refractivity contribution in [2.24, 2.45) is 0 Å². The zero-order valence-electron chi connectivity index (χ0n) is 14.1. The highest BCUT2D eigenvalue weighted by molar-refractivity contribution is 7.91. The van der Waals surface area contributed by atoms with E-state index in [1.165, 1.54) is 6.07 Å². The number of hydrogen-bond acceptors (Lipinski definition) is 4. The lowest BCUT2D eigenvalue weighted by atomic mass is 10.1. The molecule has 1 fully saturated rings. The minimum Gasteiger partial charge on any atom is -0.348 e. The largest absolute Gasteiger partial charge is 0.348 e. The van der Waals surface area contributed by atoms with Crippen molar-refractivity contribution in [1.29, 1.82) is 0 Å². The predicted octanol–water partition coefficient (Wildman–Crippen LogP) is 1.53. The Hall–Kier alpha value is -2.67. The molecule has 2 N–H and O–H groups in total. The van der Waals surface area contributed by atoms with Crippen molar-refractivity contribution in [3.63, 3.8) is 0 Å². The van der Waals surface area contributed by atoms with E-state index < -0.39 is 9.84 Å². The Bertz CT molecular complexity index is 910. The van der Waals surface area contributed by atoms with Crippen LogP contribution < -0.4 is 10.6 Å². The van der Waals surface area contributed by atoms with E-state index in [1.54, 1.807) is 18.2 Å². The van der Waals surface area contributed by atoms with Crippen LogP contribution in [0.25, 0.3) is 0 Å². The van der Waals surface area contributed by atoms with Crippen LogP contribution in [0.2, 0.25) is 0 Å². The Labute approximate surface area is 152 Å². The maximum absolute atomic E-state index is 12.3. The summed E-state index contributed by atoms with van der Waals surface area (Å²) in [5.74, 6) is -0.577. The third kappa shape index (κ3) is 4.70. The second-order valence-corrected chi connectivity index (χ2v) is 8.55. The van der Waals surface area contributed by atoms with Gasteiger partial charge in [0.05, 0.1) is 11.5 Å². The third-order valence-corrected chi connectivity index (χ3v) is 6.02. The van der Waals surface area contributed by atoms with Gasteiger partial charge in [0.2, 0.25) is 0 Å². The van der Waals surface area contributed by atoms with E-state index in [4.69, 9.17) is 0 Å². The molecule has 1 aliphatic rings. The molecular formula is C19H20N2O4S. The summed E-state index contributed by atoms with van der Waals surface area (Å²) in [4.78, 5) is 24.6. The minimum absolute atomic E-state index is 0.0318. The lowest BCUT2D eigenvalue weighted by Gasteiger charge is -2.11. The molecule has 1 heterocycles. The number of carbonyl (C=O) groups is 2. The number of rotatable bonds is 5. The fourth-order valence-corrected chi connectivity index (χ4v) is 4.53. The van der Waals surface area contributed by atoms with Crippen LogP contribution in [0.15, 0.2) is 54.6 Å². The smallest absolute Gasteiger partial charge is 0.251 e. The van der Waals surface area contributed by atoms with Gasteiger partial charge in [-0.2, -0.15) is 0 Å². The second kappa shape index (κ2) is 7.70. The second-order valence-electron chi connectivity index (χ2n) is 6.32. The summed E-state index contributed by atoms with van der Waals surface area (Å²) in [6.45, 7) is 0.399. The molecule has 1 atom stereocenters. The van der Waals surface area contributed by atoms with Crippen LogP contribution in [0.3, 0.4) is 0 Å². The van der Waals surface area contributed by atoms with Crippen LogP contribution >= 0.6 is 0 Å². The summed E-state index contributed by atoms with van der Waals surface area (Å²) in [6, 6.07) is 15.6. The van der Waals surface area contributed by atoms with Crippen LogP contribution in [0.1, 0.15) is 32.7 Å². The van der Waals surface area contributed by atoms with Gasteiger partial charge in [-0.05, 0) is 30.2 Å². The Morgan fingerprint density at radius 1 is 0.962 bits per heavy atom. The summed E-state index contributed by atoms with van der Waals surface area (Å²) in [5.41, 5.74) is 1.70. The molecule has 0 saturated carbocycles. The molecule has 0 aliphatic carbocycles. The quantitative estimate of drug-likeness (QED) is 0.833. The molecule has 0 radical (unpaired) electrons. The van der Waals surface area contributed by atoms with Gasteiger partial charge in [-0.1, -0.05) is 36.4 Å². The molecular weight excluding hydrogens is 352 g/mol. The van der Waals surface area contributed by atoms with Crippen molar-refractivity contribution >= 4 is 21.7 Å². The van der Waals surface area contributed by atoms with Crippen LogP contribution in [0.5, 0.6) is 0 Å². The lowest BCUT2D eigenvalue weighted by molar-refractivity contribution is 0.0941. The number of benzene rings is 2. The Morgan fingerprint density at radius 3 is 2.31 bits per heavy atom. The average molecular weight is 372 g/mol. The molecule has 0 bridgehead atoms. The SMILES string of the molecule is O=C(NCc1ccccc1)c1cccc(C(=O)NC2CCS(=O)(=O)C2)c1. The van der Waals surface area contributed by atoms with Gasteiger partial charge in [-0.25, -0.2) is 8.42 Å². The first-order valence-electron chi connectivity index (χ1n) is 8.36. The fourth-order valence-electron chi connectivity index (χ4n) is 2.86. The van der Waals surface area contributed by atoms with Crippen molar-refractivity contribution in [2.45, 2.75) is 19.0 Å². The molecule has 0 spiro atoms. The topological polar surface area (TPSA) is 92.3 Å². The van der Waals surface area contributed by atoms with Gasteiger partial charge in [0.15, 0.2) is 9.84 Å². The minimum atomic E-state index is -3.06. The third-order valence-electron chi connectivity index (χ3n) is 4.25. The maximum Gasteiger partial charge on any atom is 0.251 e. The standard InChI is InChI=1S/C19H20N2O4S/c22-18(20-12-14-5-2-1-3-6-14)15-7-4-8-16(11-15)19(23)21-17-9-10-26(24,25)13-17/h1-8,11,17H,9-10,12-13H2,(H,20,22)(H,21,23). The van der Waals surface area contributed by atoms with Crippen molar-refractivity contribution in [2.75, 3.05) is 11.5 Å². The molecule has 3 rings (SSSR count). The monoisotopic (exact) mass is 372 g/mol. The van der Waals surface area contributed by atoms with Gasteiger partial charge in [0.1, 0.15) is 0 Å². The van der Waals surface area contributed by atoms with Crippen molar-refractivity contribution in [3.05, 3.63) is 71.3 Å². The van der Waals surface area contributed by atoms with Crippen LogP contribution in [0.4, 0.5) is 0 Å². The van der Waals surface area contributed by atoms with Crippen molar-refractivity contribution in [3.8, 4) is 0 Å². The van der Waals surface area contributed by atoms with E-state index >= 15 is 0 Å². The molecule has 2 aromatic rings. The molecule has 1 saturated heterocycles. The zero-order valence-corrected chi connectivity index (χ0v) is 15.0. The van der Waals surface area contributed by atoms with E-state index in [-0.39, 0.29) is 29.4 Å². The highest BCUT2D eigenvalue weighted by atomic mass is 32.2. The van der Waals surface area contributed by atoms with Gasteiger partial charge < -0.3 is 10.6 Å². The van der Waals surface area contributed by atoms with E-state index in [1.807, 2.05) is 30.3 Å². The average Bonchev–Trinajstić information content (AvgIpc) is 2.99. The molecule has 136 valence electrons. The Balaban J connectivity index is 1.62. The fraction of sp³-hybridized carbons (Fsp3) is 0.263. The van der Waals surface area contributed by atoms with Gasteiger partial charge in [0, 0.05) is 23.7 Å². The number of nitrogens with one attached hydrogen (secondary N) is 2. The first-order chi connectivity index (χ1) is 12.4. The summed E-state index contributed by atoms with van der Waals surface area (Å²) < 4.78 is 23.0. The van der Waals surface area contributed by atoms with Gasteiger partial charge >= 0.3 is 0 Å². The summed E-state index contributed by atoms with van der Waals surface area (Å²) >= 11 is 0. The molecule has 2 amide bonds. The van der Waals surface area contributed by atoms with Crippen LogP contribution in [-0.2, 0) is 16.4 Å². The van der Waals surface area contributed by atoms with Gasteiger partial charge in [0.25, 0.3) is 11.8 Å². The molecule has 0 aromatic heterocycles. The number of sulfone groups is 1. The number of hydrogen-bond donors (Lipinski definition) is 2. The molecule has 2 aromatic carbocycles. The molecule has 7 heteroatoms. The molecule has 1 unspecified atom stereocenters. The normalized spacial score (nSPS) is 18.2. The zero-order chi connectivity index (χ0) is 18.6. The molecule has 1 aliphatic heterocycles. The highest BCUT2D eigenvalue weighted by Gasteiger charge is 2.29. The summed E-state index contributed by atoms with van der Waals surface area (Å²) in [7, 11) is -3.06. The predicted molar refractivity (Wildman–Crippen MR) is 98.6 cm³/mol. The number of amides is 2. The number of carbonyl (C=O) groups excluding carboxylic acids is 2. The van der Waals surface area contributed by atoms with Crippen molar-refractivity contribution < 1.29 is 18.0 Å². The van der Waals surface area contributed by atoms with E-state index in [0.29, 0.717) is 24.1 Å². The van der Waals surface area contributed by atoms with Crippen molar-refractivity contribution in [1.82, 2.24) is 10.6 Å². The van der Waals surface area contributed by atoms with E-state index in [0.717, 1.165) is 5.56 Å². The first kappa shape index (κ1) is 18.1. The van der Waals surface area contributed by atoms with E-state index in [2.05, 4.69) is 10.6 Å². The Morgan fingerprint density at radius 2 is 1.65 bits per heavy atom. The molecule has 6 nitrogen and oxygen atoms in total. The van der Waals surface area contributed by atoms with Crippen LogP contribution in [0, 0.1) is 0 Å². The van der Waals surface area contributed by atoms with Crippen LogP contribution in [-0.4, -0.2) is 37.8 Å². The summed E-state index contributed by atoms with van der Waals surface area (Å²) in [6.07, 6.45) is 0.422. The van der Waals surface area contributed by atoms with E-state index in [9.17, 15) is 18.0 Å². The summed E-state index contributed by atoms with van der Waals surface area (Å²) in [5, 5.41) is 5.54. The Kier molecular flexibility index (Phi) is 5.37. The van der Waals surface area contributed by atoms with Gasteiger partial charge in [-0.3, -0.25) is 9.59 Å². The van der Waals surface area contributed by atoms with Gasteiger partial charge in [-0.15, -0.1) is 0 Å². The highest BCUT2D eigenvalue weighted by Crippen LogP contribution is 2.13. The molecule has 26 heavy (non-hydrogen) atoms. The maximum atomic E-state index is 12.3. The lowest BCUT2D eigenvalue weighted by Crippen LogP contribution is -2.35.